The molecule has 0 aliphatic heterocycles. The van der Waals surface area contributed by atoms with E-state index in [-0.39, 0.29) is 18.9 Å². The zero-order valence-electron chi connectivity index (χ0n) is 13.8. The van der Waals surface area contributed by atoms with Gasteiger partial charge in [-0.1, -0.05) is 6.42 Å². The van der Waals surface area contributed by atoms with Crippen LogP contribution in [0.25, 0.3) is 0 Å². The van der Waals surface area contributed by atoms with Crippen LogP contribution in [-0.4, -0.2) is 38.9 Å². The first-order chi connectivity index (χ1) is 11.3. The summed E-state index contributed by atoms with van der Waals surface area (Å²) in [4.78, 5) is 22.4. The summed E-state index contributed by atoms with van der Waals surface area (Å²) in [6, 6.07) is 3.24. The predicted octanol–water partition coefficient (Wildman–Crippen LogP) is 2.02. The minimum atomic E-state index is -2.06. The van der Waals surface area contributed by atoms with E-state index in [1.165, 1.54) is 0 Å². The average Bonchev–Trinajstić information content (AvgIpc) is 2.47. The summed E-state index contributed by atoms with van der Waals surface area (Å²) in [5, 5.41) is 11.2. The molecule has 1 rings (SSSR count). The van der Waals surface area contributed by atoms with Crippen molar-refractivity contribution in [2.75, 3.05) is 13.2 Å². The molecule has 134 valence electrons. The molecule has 0 aliphatic carbocycles. The molecule has 7 nitrogen and oxygen atoms in total. The molecule has 0 aliphatic rings. The number of unbranched alkanes of at least 4 members (excludes halogenated alkanes) is 2. The number of aryl methyl sites for hydroxylation is 2. The maximum absolute atomic E-state index is 11.7. The number of aliphatic carboxylic acids is 1. The number of hydrogen-bond acceptors (Lipinski definition) is 4. The van der Waals surface area contributed by atoms with Crippen molar-refractivity contribution in [3.8, 4) is 5.75 Å². The van der Waals surface area contributed by atoms with Crippen molar-refractivity contribution >= 4 is 23.0 Å². The summed E-state index contributed by atoms with van der Waals surface area (Å²) >= 11 is -2.06. The van der Waals surface area contributed by atoms with Gasteiger partial charge in [-0.3, -0.25) is 9.59 Å². The lowest BCUT2D eigenvalue weighted by molar-refractivity contribution is -0.137. The van der Waals surface area contributed by atoms with Gasteiger partial charge in [-0.25, -0.2) is 4.21 Å². The van der Waals surface area contributed by atoms with Crippen molar-refractivity contribution in [2.45, 2.75) is 44.4 Å². The van der Waals surface area contributed by atoms with E-state index in [2.05, 4.69) is 5.32 Å². The quantitative estimate of drug-likeness (QED) is 0.436. The highest BCUT2D eigenvalue weighted by Gasteiger charge is 2.11. The number of ether oxygens (including phenoxy) is 1. The molecular formula is C16H23NO6S. The van der Waals surface area contributed by atoms with Crippen LogP contribution in [0.4, 0.5) is 0 Å². The molecule has 0 fully saturated rings. The van der Waals surface area contributed by atoms with Gasteiger partial charge < -0.3 is 19.7 Å². The van der Waals surface area contributed by atoms with Crippen molar-refractivity contribution in [2.24, 2.45) is 0 Å². The number of hydrogen-bond donors (Lipinski definition) is 3. The summed E-state index contributed by atoms with van der Waals surface area (Å²) in [5.74, 6) is -0.608. The molecule has 1 atom stereocenters. The van der Waals surface area contributed by atoms with E-state index in [9.17, 15) is 18.4 Å². The Morgan fingerprint density at radius 2 is 1.79 bits per heavy atom. The Hall–Kier alpha value is -1.93. The van der Waals surface area contributed by atoms with Crippen LogP contribution >= 0.6 is 0 Å². The van der Waals surface area contributed by atoms with Gasteiger partial charge in [0.2, 0.25) is 0 Å². The van der Waals surface area contributed by atoms with E-state index in [1.54, 1.807) is 26.0 Å². The second-order valence-electron chi connectivity index (χ2n) is 5.48. The van der Waals surface area contributed by atoms with Gasteiger partial charge in [-0.15, -0.1) is 0 Å². The third-order valence-electron chi connectivity index (χ3n) is 3.37. The number of benzene rings is 1. The Morgan fingerprint density at radius 1 is 1.17 bits per heavy atom. The molecule has 0 radical (unpaired) electrons. The molecule has 0 aromatic heterocycles. The summed E-state index contributed by atoms with van der Waals surface area (Å²) in [7, 11) is 0. The first kappa shape index (κ1) is 20.1. The zero-order chi connectivity index (χ0) is 18.1. The van der Waals surface area contributed by atoms with Crippen LogP contribution in [-0.2, 0) is 20.7 Å². The van der Waals surface area contributed by atoms with Crippen molar-refractivity contribution in [3.05, 3.63) is 23.3 Å². The van der Waals surface area contributed by atoms with Gasteiger partial charge in [0.1, 0.15) is 5.75 Å². The average molecular weight is 357 g/mol. The molecule has 1 amide bonds. The smallest absolute Gasteiger partial charge is 0.303 e. The van der Waals surface area contributed by atoms with E-state index < -0.39 is 17.0 Å². The maximum atomic E-state index is 11.7. The van der Waals surface area contributed by atoms with Crippen LogP contribution in [0.3, 0.4) is 0 Å². The van der Waals surface area contributed by atoms with Crippen LogP contribution in [0.1, 0.15) is 36.8 Å². The second kappa shape index (κ2) is 10.0. The van der Waals surface area contributed by atoms with Crippen LogP contribution in [0, 0.1) is 13.8 Å². The standard InChI is InChI=1S/C16H23NO6S/c1-11-8-13(9-12(2)16(11)24(21)22)23-10-14(18)17-7-5-3-4-6-15(19)20/h8-9H,3-7,10H2,1-2H3,(H,17,18)(H,19,20)(H,21,22). The van der Waals surface area contributed by atoms with Gasteiger partial charge in [0.05, 0.1) is 4.90 Å². The fourth-order valence-corrected chi connectivity index (χ4v) is 2.94. The first-order valence-corrected chi connectivity index (χ1v) is 8.75. The van der Waals surface area contributed by atoms with Crippen LogP contribution < -0.4 is 10.1 Å². The fourth-order valence-electron chi connectivity index (χ4n) is 2.28. The summed E-state index contributed by atoms with van der Waals surface area (Å²) < 4.78 is 25.8. The van der Waals surface area contributed by atoms with Gasteiger partial charge in [-0.05, 0) is 49.9 Å². The van der Waals surface area contributed by atoms with Crippen LogP contribution in [0.15, 0.2) is 17.0 Å². The Labute approximate surface area is 143 Å². The monoisotopic (exact) mass is 357 g/mol. The SMILES string of the molecule is Cc1cc(OCC(=O)NCCCCCC(=O)O)cc(C)c1S(=O)O. The Bertz CT molecular complexity index is 594. The van der Waals surface area contributed by atoms with E-state index >= 15 is 0 Å². The molecule has 8 heteroatoms. The third kappa shape index (κ3) is 7.10. The number of carboxylic acids is 1. The first-order valence-electron chi connectivity index (χ1n) is 7.64. The lowest BCUT2D eigenvalue weighted by Gasteiger charge is -2.11. The van der Waals surface area contributed by atoms with Gasteiger partial charge in [0, 0.05) is 13.0 Å². The molecule has 1 aromatic carbocycles. The van der Waals surface area contributed by atoms with Gasteiger partial charge in [-0.2, -0.15) is 0 Å². The van der Waals surface area contributed by atoms with E-state index in [0.717, 1.165) is 6.42 Å². The highest BCUT2D eigenvalue weighted by molar-refractivity contribution is 7.79. The normalized spacial score (nSPS) is 11.8. The lowest BCUT2D eigenvalue weighted by Crippen LogP contribution is -2.29. The topological polar surface area (TPSA) is 113 Å². The Kier molecular flexibility index (Phi) is 8.42. The largest absolute Gasteiger partial charge is 0.484 e. The molecule has 24 heavy (non-hydrogen) atoms. The molecule has 0 saturated carbocycles. The van der Waals surface area contributed by atoms with Crippen molar-refractivity contribution in [1.29, 1.82) is 0 Å². The molecular weight excluding hydrogens is 334 g/mol. The van der Waals surface area contributed by atoms with E-state index in [4.69, 9.17) is 9.84 Å². The van der Waals surface area contributed by atoms with Crippen molar-refractivity contribution in [1.82, 2.24) is 5.32 Å². The Morgan fingerprint density at radius 3 is 2.33 bits per heavy atom. The molecule has 1 unspecified atom stereocenters. The summed E-state index contributed by atoms with van der Waals surface area (Å²) in [5.41, 5.74) is 1.26. The number of carboxylic acid groups (broad SMARTS) is 1. The third-order valence-corrected chi connectivity index (χ3v) is 4.36. The molecule has 3 N–H and O–H groups in total. The highest BCUT2D eigenvalue weighted by atomic mass is 32.2. The number of nitrogens with one attached hydrogen (secondary N) is 1. The van der Waals surface area contributed by atoms with Gasteiger partial charge in [0.15, 0.2) is 17.7 Å². The molecule has 0 spiro atoms. The Balaban J connectivity index is 2.34. The number of carbonyl (C=O) groups excluding carboxylic acids is 1. The van der Waals surface area contributed by atoms with Crippen molar-refractivity contribution in [3.63, 3.8) is 0 Å². The summed E-state index contributed by atoms with van der Waals surface area (Å²) in [6.45, 7) is 3.75. The lowest BCUT2D eigenvalue weighted by atomic mass is 10.1. The summed E-state index contributed by atoms with van der Waals surface area (Å²) in [6.07, 6.45) is 2.20. The molecule has 0 bridgehead atoms. The number of rotatable bonds is 10. The minimum absolute atomic E-state index is 0.143. The van der Waals surface area contributed by atoms with E-state index in [0.29, 0.717) is 41.2 Å². The fraction of sp³-hybridized carbons (Fsp3) is 0.500. The predicted molar refractivity (Wildman–Crippen MR) is 89.6 cm³/mol. The van der Waals surface area contributed by atoms with Crippen molar-refractivity contribution < 1.29 is 28.2 Å². The van der Waals surface area contributed by atoms with E-state index in [1.807, 2.05) is 0 Å². The zero-order valence-corrected chi connectivity index (χ0v) is 14.6. The van der Waals surface area contributed by atoms with Crippen LogP contribution in [0.2, 0.25) is 0 Å². The van der Waals surface area contributed by atoms with Crippen LogP contribution in [0.5, 0.6) is 5.75 Å². The number of carbonyl (C=O) groups is 2. The maximum Gasteiger partial charge on any atom is 0.303 e. The second-order valence-corrected chi connectivity index (χ2v) is 6.38. The molecule has 0 saturated heterocycles. The van der Waals surface area contributed by atoms with Gasteiger partial charge >= 0.3 is 5.97 Å². The van der Waals surface area contributed by atoms with Gasteiger partial charge in [0.25, 0.3) is 5.91 Å². The highest BCUT2D eigenvalue weighted by Crippen LogP contribution is 2.24. The molecule has 0 heterocycles. The number of amides is 1. The minimum Gasteiger partial charge on any atom is -0.484 e. The molecule has 1 aromatic rings.